The van der Waals surface area contributed by atoms with Crippen molar-refractivity contribution >= 4 is 33.0 Å². The van der Waals surface area contributed by atoms with Crippen molar-refractivity contribution in [1.29, 1.82) is 0 Å². The summed E-state index contributed by atoms with van der Waals surface area (Å²) in [6.45, 7) is 6.03. The van der Waals surface area contributed by atoms with E-state index < -0.39 is 0 Å². The lowest BCUT2D eigenvalue weighted by Crippen LogP contribution is -2.26. The summed E-state index contributed by atoms with van der Waals surface area (Å²) in [5.41, 5.74) is 1.36. The van der Waals surface area contributed by atoms with E-state index in [4.69, 9.17) is 5.11 Å². The van der Waals surface area contributed by atoms with E-state index in [-0.39, 0.29) is 24.8 Å². The van der Waals surface area contributed by atoms with E-state index >= 15 is 0 Å². The van der Waals surface area contributed by atoms with Crippen molar-refractivity contribution in [3.63, 3.8) is 0 Å². The van der Waals surface area contributed by atoms with Gasteiger partial charge in [0.25, 0.3) is 5.56 Å². The minimum Gasteiger partial charge on any atom is -0.394 e. The van der Waals surface area contributed by atoms with Gasteiger partial charge in [-0.1, -0.05) is 0 Å². The van der Waals surface area contributed by atoms with Gasteiger partial charge in [-0.05, 0) is 36.7 Å². The van der Waals surface area contributed by atoms with Gasteiger partial charge in [-0.3, -0.25) is 4.79 Å². The van der Waals surface area contributed by atoms with Crippen molar-refractivity contribution in [2.45, 2.75) is 33.4 Å². The molecule has 2 heterocycles. The Labute approximate surface area is 135 Å². The first kappa shape index (κ1) is 16.1. The summed E-state index contributed by atoms with van der Waals surface area (Å²) in [6, 6.07) is 0.0300. The molecule has 2 N–H and O–H groups in total. The van der Waals surface area contributed by atoms with Crippen LogP contribution in [0.4, 0.5) is 5.69 Å². The molecule has 8 heteroatoms. The minimum absolute atomic E-state index is 0.0300. The number of nitrogens with zero attached hydrogens (tertiary/aromatic N) is 3. The SMILES string of the molecule is Cc1nc(C)c(C(C)Nc2cnn(CCO)c(=O)c2Br)s1. The maximum absolute atomic E-state index is 12.1. The van der Waals surface area contributed by atoms with Crippen LogP contribution in [0, 0.1) is 13.8 Å². The third kappa shape index (κ3) is 3.50. The minimum atomic E-state index is -0.265. The molecule has 2 rings (SSSR count). The van der Waals surface area contributed by atoms with Crippen LogP contribution in [0.2, 0.25) is 0 Å². The molecule has 0 radical (unpaired) electrons. The summed E-state index contributed by atoms with van der Waals surface area (Å²) < 4.78 is 1.64. The molecule has 0 aliphatic carbocycles. The van der Waals surface area contributed by atoms with Crippen molar-refractivity contribution in [3.05, 3.63) is 36.6 Å². The number of halogens is 1. The van der Waals surface area contributed by atoms with Crippen molar-refractivity contribution in [2.24, 2.45) is 0 Å². The van der Waals surface area contributed by atoms with Crippen LogP contribution in [0.3, 0.4) is 0 Å². The van der Waals surface area contributed by atoms with Crippen LogP contribution < -0.4 is 10.9 Å². The number of aliphatic hydroxyl groups excluding tert-OH is 1. The fraction of sp³-hybridized carbons (Fsp3) is 0.462. The summed E-state index contributed by atoms with van der Waals surface area (Å²) in [4.78, 5) is 17.6. The van der Waals surface area contributed by atoms with E-state index in [0.717, 1.165) is 15.6 Å². The van der Waals surface area contributed by atoms with Crippen LogP contribution in [-0.2, 0) is 6.54 Å². The maximum Gasteiger partial charge on any atom is 0.283 e. The number of anilines is 1. The summed E-state index contributed by atoms with van der Waals surface area (Å²) in [7, 11) is 0. The second-order valence-corrected chi connectivity index (χ2v) is 6.70. The molecule has 0 spiro atoms. The quantitative estimate of drug-likeness (QED) is 0.840. The summed E-state index contributed by atoms with van der Waals surface area (Å²) in [6.07, 6.45) is 1.58. The molecule has 6 nitrogen and oxygen atoms in total. The number of aromatic nitrogens is 3. The van der Waals surface area contributed by atoms with Gasteiger partial charge in [-0.25, -0.2) is 9.67 Å². The topological polar surface area (TPSA) is 80.0 Å². The van der Waals surface area contributed by atoms with Gasteiger partial charge >= 0.3 is 0 Å². The predicted molar refractivity (Wildman–Crippen MR) is 86.9 cm³/mol. The fourth-order valence-electron chi connectivity index (χ4n) is 2.07. The Morgan fingerprint density at radius 1 is 1.52 bits per heavy atom. The molecule has 21 heavy (non-hydrogen) atoms. The standard InChI is InChI=1S/C13H17BrN4O2S/c1-7-12(21-9(3)16-7)8(2)17-10-6-15-18(4-5-19)13(20)11(10)14/h6,8,17,19H,4-5H2,1-3H3. The molecule has 0 bridgehead atoms. The number of aryl methyl sites for hydroxylation is 2. The number of thiazole rings is 1. The third-order valence-electron chi connectivity index (χ3n) is 3.00. The van der Waals surface area contributed by atoms with Gasteiger partial charge < -0.3 is 10.4 Å². The maximum atomic E-state index is 12.1. The normalized spacial score (nSPS) is 12.4. The zero-order valence-electron chi connectivity index (χ0n) is 12.1. The Morgan fingerprint density at radius 2 is 2.24 bits per heavy atom. The summed E-state index contributed by atoms with van der Waals surface area (Å²) in [5.74, 6) is 0. The van der Waals surface area contributed by atoms with Crippen LogP contribution in [0.1, 0.15) is 28.5 Å². The Bertz CT molecular complexity index is 698. The van der Waals surface area contributed by atoms with Crippen molar-refractivity contribution in [3.8, 4) is 0 Å². The molecular formula is C13H17BrN4O2S. The van der Waals surface area contributed by atoms with Gasteiger partial charge in [-0.2, -0.15) is 5.10 Å². The van der Waals surface area contributed by atoms with E-state index in [0.29, 0.717) is 10.2 Å². The molecule has 2 aromatic heterocycles. The molecule has 0 aliphatic rings. The lowest BCUT2D eigenvalue weighted by molar-refractivity contribution is 0.266. The number of nitrogens with one attached hydrogen (secondary N) is 1. The lowest BCUT2D eigenvalue weighted by Gasteiger charge is -2.15. The zero-order chi connectivity index (χ0) is 15.6. The van der Waals surface area contributed by atoms with Gasteiger partial charge in [0.2, 0.25) is 0 Å². The second-order valence-electron chi connectivity index (χ2n) is 4.67. The van der Waals surface area contributed by atoms with E-state index in [1.807, 2.05) is 20.8 Å². The largest absolute Gasteiger partial charge is 0.394 e. The highest BCUT2D eigenvalue weighted by molar-refractivity contribution is 9.10. The molecule has 0 amide bonds. The molecule has 0 aliphatic heterocycles. The number of hydrogen-bond donors (Lipinski definition) is 2. The highest BCUT2D eigenvalue weighted by Gasteiger charge is 2.16. The Kier molecular flexibility index (Phi) is 5.13. The van der Waals surface area contributed by atoms with Crippen LogP contribution in [-0.4, -0.2) is 26.5 Å². The summed E-state index contributed by atoms with van der Waals surface area (Å²) >= 11 is 4.93. The van der Waals surface area contributed by atoms with Crippen LogP contribution >= 0.6 is 27.3 Å². The highest BCUT2D eigenvalue weighted by atomic mass is 79.9. The number of hydrogen-bond acceptors (Lipinski definition) is 6. The monoisotopic (exact) mass is 372 g/mol. The number of aliphatic hydroxyl groups is 1. The zero-order valence-corrected chi connectivity index (χ0v) is 14.5. The third-order valence-corrected chi connectivity index (χ3v) is 5.02. The second kappa shape index (κ2) is 6.67. The predicted octanol–water partition coefficient (Wildman–Crippen LogP) is 2.24. The average molecular weight is 373 g/mol. The van der Waals surface area contributed by atoms with E-state index in [1.165, 1.54) is 4.68 Å². The molecule has 2 aromatic rings. The first-order valence-corrected chi connectivity index (χ1v) is 8.12. The van der Waals surface area contributed by atoms with Gasteiger partial charge in [0.05, 0.1) is 41.8 Å². The number of rotatable bonds is 5. The van der Waals surface area contributed by atoms with Crippen molar-refractivity contribution in [2.75, 3.05) is 11.9 Å². The van der Waals surface area contributed by atoms with Crippen LogP contribution in [0.25, 0.3) is 0 Å². The molecule has 0 saturated heterocycles. The van der Waals surface area contributed by atoms with Crippen LogP contribution in [0.15, 0.2) is 15.5 Å². The molecule has 0 aromatic carbocycles. The summed E-state index contributed by atoms with van der Waals surface area (Å²) in [5, 5.41) is 17.2. The van der Waals surface area contributed by atoms with Gasteiger partial charge in [0.15, 0.2) is 0 Å². The smallest absolute Gasteiger partial charge is 0.283 e. The van der Waals surface area contributed by atoms with Crippen molar-refractivity contribution < 1.29 is 5.11 Å². The fourth-order valence-corrected chi connectivity index (χ4v) is 3.42. The van der Waals surface area contributed by atoms with E-state index in [2.05, 4.69) is 31.3 Å². The van der Waals surface area contributed by atoms with Crippen molar-refractivity contribution in [1.82, 2.24) is 14.8 Å². The van der Waals surface area contributed by atoms with E-state index in [1.54, 1.807) is 17.5 Å². The molecule has 1 unspecified atom stereocenters. The van der Waals surface area contributed by atoms with Gasteiger partial charge in [0.1, 0.15) is 4.47 Å². The molecule has 1 atom stereocenters. The first-order chi connectivity index (χ1) is 9.93. The Morgan fingerprint density at radius 3 is 2.81 bits per heavy atom. The average Bonchev–Trinajstić information content (AvgIpc) is 2.77. The lowest BCUT2D eigenvalue weighted by atomic mass is 10.2. The molecule has 114 valence electrons. The molecular weight excluding hydrogens is 356 g/mol. The molecule has 0 saturated carbocycles. The van der Waals surface area contributed by atoms with E-state index in [9.17, 15) is 4.79 Å². The molecule has 0 fully saturated rings. The van der Waals surface area contributed by atoms with Gasteiger partial charge in [0, 0.05) is 4.88 Å². The van der Waals surface area contributed by atoms with Crippen LogP contribution in [0.5, 0.6) is 0 Å². The Balaban J connectivity index is 2.26. The van der Waals surface area contributed by atoms with Gasteiger partial charge in [-0.15, -0.1) is 11.3 Å². The first-order valence-electron chi connectivity index (χ1n) is 6.51. The Hall–Kier alpha value is -1.25. The highest BCUT2D eigenvalue weighted by Crippen LogP contribution is 2.28.